The first-order chi connectivity index (χ1) is 8.86. The molecule has 0 heterocycles. The number of halogens is 3. The highest BCUT2D eigenvalue weighted by Gasteiger charge is 2.33. The first kappa shape index (κ1) is 14.5. The average molecular weight is 272 g/mol. The highest BCUT2D eigenvalue weighted by molar-refractivity contribution is 5.58. The van der Waals surface area contributed by atoms with Crippen LogP contribution in [0, 0.1) is 10.1 Å². The average Bonchev–Trinajstić information content (AvgIpc) is 2.33. The van der Waals surface area contributed by atoms with Gasteiger partial charge in [-0.15, -0.1) is 0 Å². The van der Waals surface area contributed by atoms with Crippen molar-refractivity contribution < 1.29 is 18.1 Å². The van der Waals surface area contributed by atoms with Crippen molar-refractivity contribution in [2.75, 3.05) is 6.54 Å². The Morgan fingerprint density at radius 1 is 1.47 bits per heavy atom. The number of non-ortho nitro benzene ring substituents is 1. The Kier molecular flexibility index (Phi) is 4.49. The van der Waals surface area contributed by atoms with Gasteiger partial charge in [-0.2, -0.15) is 13.2 Å². The minimum absolute atomic E-state index is 0.142. The Hall–Kier alpha value is -2.54. The minimum Gasteiger partial charge on any atom is -0.258 e. The molecule has 0 spiro atoms. The smallest absolute Gasteiger partial charge is 0.258 e. The summed E-state index contributed by atoms with van der Waals surface area (Å²) in [4.78, 5) is 12.2. The second kappa shape index (κ2) is 5.87. The summed E-state index contributed by atoms with van der Waals surface area (Å²) in [6.45, 7) is -0.142. The number of nitro benzene ring substituents is 1. The van der Waals surface area contributed by atoms with Gasteiger partial charge in [0.2, 0.25) is 0 Å². The lowest BCUT2D eigenvalue weighted by Gasteiger charge is -2.09. The summed E-state index contributed by atoms with van der Waals surface area (Å²) >= 11 is 0. The maximum Gasteiger partial charge on any atom is 0.416 e. The maximum absolute atomic E-state index is 12.7. The van der Waals surface area contributed by atoms with Crippen molar-refractivity contribution in [3.8, 4) is 0 Å². The number of nitrogens with zero attached hydrogens (tertiary/aromatic N) is 4. The van der Waals surface area contributed by atoms with Crippen molar-refractivity contribution in [1.29, 1.82) is 0 Å². The third kappa shape index (κ3) is 4.00. The van der Waals surface area contributed by atoms with E-state index >= 15 is 0 Å². The third-order valence-corrected chi connectivity index (χ3v) is 2.10. The molecule has 1 rings (SSSR count). The van der Waals surface area contributed by atoms with Crippen molar-refractivity contribution in [1.82, 2.24) is 0 Å². The fraction of sp³-hybridized carbons (Fsp3) is 0.200. The van der Waals surface area contributed by atoms with Gasteiger partial charge in [0.15, 0.2) is 0 Å². The van der Waals surface area contributed by atoms with Crippen LogP contribution in [0.3, 0.4) is 0 Å². The summed E-state index contributed by atoms with van der Waals surface area (Å²) < 4.78 is 38.0. The normalized spacial score (nSPS) is 11.3. The molecular weight excluding hydrogens is 265 g/mol. The molecule has 0 amide bonds. The van der Waals surface area contributed by atoms with Crippen molar-refractivity contribution in [3.63, 3.8) is 0 Å². The minimum atomic E-state index is -4.62. The molecular formula is C10H7F3N4O2. The Bertz CT molecular complexity index is 562. The van der Waals surface area contributed by atoms with Gasteiger partial charge in [0.05, 0.1) is 10.5 Å². The lowest BCUT2D eigenvalue weighted by atomic mass is 10.1. The van der Waals surface area contributed by atoms with Crippen molar-refractivity contribution in [3.05, 3.63) is 56.0 Å². The second-order valence-corrected chi connectivity index (χ2v) is 3.34. The van der Waals surface area contributed by atoms with Crippen LogP contribution in [0.2, 0.25) is 0 Å². The number of alkyl halides is 3. The molecule has 0 saturated carbocycles. The second-order valence-electron chi connectivity index (χ2n) is 3.34. The van der Waals surface area contributed by atoms with Crippen LogP contribution >= 0.6 is 0 Å². The largest absolute Gasteiger partial charge is 0.416 e. The Morgan fingerprint density at radius 2 is 2.16 bits per heavy atom. The van der Waals surface area contributed by atoms with Gasteiger partial charge < -0.3 is 0 Å². The van der Waals surface area contributed by atoms with Gasteiger partial charge in [-0.1, -0.05) is 17.3 Å². The van der Waals surface area contributed by atoms with Gasteiger partial charge in [0, 0.05) is 23.6 Å². The highest BCUT2D eigenvalue weighted by Crippen LogP contribution is 2.34. The van der Waals surface area contributed by atoms with Gasteiger partial charge in [0.25, 0.3) is 5.69 Å². The molecule has 0 radical (unpaired) electrons. The van der Waals surface area contributed by atoms with E-state index < -0.39 is 22.4 Å². The van der Waals surface area contributed by atoms with E-state index in [9.17, 15) is 23.3 Å². The van der Waals surface area contributed by atoms with Crippen LogP contribution in [0.15, 0.2) is 29.4 Å². The number of rotatable bonds is 4. The van der Waals surface area contributed by atoms with Crippen molar-refractivity contribution in [2.45, 2.75) is 6.18 Å². The fourth-order valence-corrected chi connectivity index (χ4v) is 1.32. The van der Waals surface area contributed by atoms with E-state index in [-0.39, 0.29) is 12.1 Å². The molecule has 0 aromatic heterocycles. The molecule has 9 heteroatoms. The SMILES string of the molecule is [N-]=[N+]=NCC=Cc1cc([N+](=O)[O-])ccc1C(F)(F)F. The third-order valence-electron chi connectivity index (χ3n) is 2.10. The number of nitro groups is 1. The molecule has 0 N–H and O–H groups in total. The molecule has 0 bridgehead atoms. The number of hydrogen-bond acceptors (Lipinski definition) is 3. The molecule has 0 aliphatic carbocycles. The topological polar surface area (TPSA) is 91.9 Å². The van der Waals surface area contributed by atoms with Crippen molar-refractivity contribution >= 4 is 11.8 Å². The lowest BCUT2D eigenvalue weighted by Crippen LogP contribution is -2.07. The predicted molar refractivity (Wildman–Crippen MR) is 61.1 cm³/mol. The Morgan fingerprint density at radius 3 is 2.68 bits per heavy atom. The molecule has 1 aromatic carbocycles. The van der Waals surface area contributed by atoms with E-state index in [1.807, 2.05) is 0 Å². The van der Waals surface area contributed by atoms with Crippen LogP contribution in [-0.2, 0) is 6.18 Å². The van der Waals surface area contributed by atoms with Crippen LogP contribution in [0.1, 0.15) is 11.1 Å². The summed E-state index contributed by atoms with van der Waals surface area (Å²) in [5.41, 5.74) is 6.23. The maximum atomic E-state index is 12.7. The van der Waals surface area contributed by atoms with E-state index in [4.69, 9.17) is 5.53 Å². The zero-order chi connectivity index (χ0) is 14.5. The van der Waals surface area contributed by atoms with Gasteiger partial charge in [-0.25, -0.2) is 0 Å². The number of hydrogen-bond donors (Lipinski definition) is 0. The van der Waals surface area contributed by atoms with Crippen LogP contribution in [0.5, 0.6) is 0 Å². The molecule has 19 heavy (non-hydrogen) atoms. The van der Waals surface area contributed by atoms with E-state index in [0.29, 0.717) is 6.07 Å². The van der Waals surface area contributed by atoms with E-state index in [0.717, 1.165) is 18.2 Å². The quantitative estimate of drug-likeness (QED) is 0.273. The van der Waals surface area contributed by atoms with Crippen LogP contribution in [0.4, 0.5) is 18.9 Å². The van der Waals surface area contributed by atoms with Gasteiger partial charge in [-0.3, -0.25) is 10.1 Å². The summed E-state index contributed by atoms with van der Waals surface area (Å²) in [5.74, 6) is 0. The Labute approximate surface area is 104 Å². The molecule has 0 unspecified atom stereocenters. The molecule has 100 valence electrons. The zero-order valence-corrected chi connectivity index (χ0v) is 9.33. The molecule has 0 atom stereocenters. The Balaban J connectivity index is 3.22. The summed E-state index contributed by atoms with van der Waals surface area (Å²) in [5, 5.41) is 13.6. The van der Waals surface area contributed by atoms with Crippen LogP contribution in [0.25, 0.3) is 16.5 Å². The molecule has 0 fully saturated rings. The van der Waals surface area contributed by atoms with E-state index in [2.05, 4.69) is 10.0 Å². The predicted octanol–water partition coefficient (Wildman–Crippen LogP) is 3.94. The summed E-state index contributed by atoms with van der Waals surface area (Å²) in [6.07, 6.45) is -2.40. The zero-order valence-electron chi connectivity index (χ0n) is 9.33. The van der Waals surface area contributed by atoms with Crippen molar-refractivity contribution in [2.24, 2.45) is 5.11 Å². The van der Waals surface area contributed by atoms with E-state index in [1.165, 1.54) is 6.08 Å². The molecule has 0 saturated heterocycles. The van der Waals surface area contributed by atoms with Gasteiger partial charge >= 0.3 is 6.18 Å². The van der Waals surface area contributed by atoms with Gasteiger partial charge in [0.1, 0.15) is 0 Å². The first-order valence-electron chi connectivity index (χ1n) is 4.89. The number of benzene rings is 1. The standard InChI is InChI=1S/C10H7F3N4O2/c11-10(12,13)9-4-3-8(17(18)19)6-7(9)2-1-5-15-16-14/h1-4,6H,5H2. The summed E-state index contributed by atoms with van der Waals surface area (Å²) in [6, 6.07) is 2.24. The van der Waals surface area contributed by atoms with Crippen LogP contribution in [-0.4, -0.2) is 11.5 Å². The molecule has 1 aromatic rings. The highest BCUT2D eigenvalue weighted by atomic mass is 19.4. The summed E-state index contributed by atoms with van der Waals surface area (Å²) in [7, 11) is 0. The fourth-order valence-electron chi connectivity index (χ4n) is 1.32. The molecule has 0 aliphatic heterocycles. The van der Waals surface area contributed by atoms with Gasteiger partial charge in [-0.05, 0) is 17.2 Å². The first-order valence-corrected chi connectivity index (χ1v) is 4.89. The lowest BCUT2D eigenvalue weighted by molar-refractivity contribution is -0.384. The number of azide groups is 1. The van der Waals surface area contributed by atoms with Crippen LogP contribution < -0.4 is 0 Å². The molecule has 0 aliphatic rings. The molecule has 6 nitrogen and oxygen atoms in total. The monoisotopic (exact) mass is 272 g/mol. The van der Waals surface area contributed by atoms with E-state index in [1.54, 1.807) is 0 Å².